The molecule has 0 aliphatic heterocycles. The molecule has 3 rings (SSSR count). The van der Waals surface area contributed by atoms with Gasteiger partial charge < -0.3 is 0 Å². The second-order valence-electron chi connectivity index (χ2n) is 5.89. The lowest BCUT2D eigenvalue weighted by molar-refractivity contribution is -0.115. The van der Waals surface area contributed by atoms with Crippen molar-refractivity contribution < 1.29 is 18.4 Å². The quantitative estimate of drug-likeness (QED) is 0.445. The molecule has 0 N–H and O–H groups in total. The maximum absolute atomic E-state index is 14.1. The minimum absolute atomic E-state index is 0.113. The molecule has 3 aromatic rings. The third kappa shape index (κ3) is 4.59. The van der Waals surface area contributed by atoms with Gasteiger partial charge in [-0.2, -0.15) is 5.26 Å². The van der Waals surface area contributed by atoms with Crippen molar-refractivity contribution in [1.29, 1.82) is 5.26 Å². The van der Waals surface area contributed by atoms with Gasteiger partial charge in [-0.05, 0) is 48.6 Å². The van der Waals surface area contributed by atoms with Gasteiger partial charge in [0, 0.05) is 23.9 Å². The first-order chi connectivity index (χ1) is 13.9. The lowest BCUT2D eigenvalue weighted by Crippen LogP contribution is -2.23. The van der Waals surface area contributed by atoms with E-state index in [-0.39, 0.29) is 16.6 Å². The number of carbonyl (C=O) groups excluding carboxylic acids is 2. The van der Waals surface area contributed by atoms with Gasteiger partial charge in [0.15, 0.2) is 10.9 Å². The van der Waals surface area contributed by atoms with Crippen molar-refractivity contribution in [3.8, 4) is 6.07 Å². The average Bonchev–Trinajstić information content (AvgIpc) is 3.16. The summed E-state index contributed by atoms with van der Waals surface area (Å²) in [6.07, 6.45) is 2.79. The summed E-state index contributed by atoms with van der Waals surface area (Å²) in [5.74, 6) is -2.41. The van der Waals surface area contributed by atoms with Crippen molar-refractivity contribution in [2.24, 2.45) is 0 Å². The number of halogens is 2. The molecule has 0 radical (unpaired) electrons. The van der Waals surface area contributed by atoms with E-state index in [0.717, 1.165) is 28.4 Å². The Labute approximate surface area is 169 Å². The number of aromatic nitrogens is 1. The molecule has 0 saturated heterocycles. The highest BCUT2D eigenvalue weighted by molar-refractivity contribution is 7.14. The fourth-order valence-corrected chi connectivity index (χ4v) is 3.34. The van der Waals surface area contributed by atoms with Gasteiger partial charge in [0.2, 0.25) is 5.91 Å². The van der Waals surface area contributed by atoms with Crippen LogP contribution in [0.15, 0.2) is 53.9 Å². The highest BCUT2D eigenvalue weighted by Gasteiger charge is 2.21. The van der Waals surface area contributed by atoms with Crippen LogP contribution < -0.4 is 4.90 Å². The van der Waals surface area contributed by atoms with E-state index in [9.17, 15) is 18.4 Å². The Hall–Kier alpha value is -3.70. The molecule has 0 bridgehead atoms. The van der Waals surface area contributed by atoms with Crippen molar-refractivity contribution >= 4 is 39.9 Å². The number of nitriles is 1. The minimum Gasteiger partial charge on any atom is -0.289 e. The topological polar surface area (TPSA) is 74.1 Å². The number of ketones is 1. The zero-order valence-electron chi connectivity index (χ0n) is 15.1. The minimum atomic E-state index is -0.886. The third-order valence-electron chi connectivity index (χ3n) is 3.87. The molecule has 144 valence electrons. The van der Waals surface area contributed by atoms with E-state index in [1.54, 1.807) is 29.6 Å². The maximum Gasteiger partial charge on any atom is 0.230 e. The van der Waals surface area contributed by atoms with Crippen LogP contribution in [-0.4, -0.2) is 16.7 Å². The number of amides is 1. The van der Waals surface area contributed by atoms with Crippen LogP contribution in [0.3, 0.4) is 0 Å². The number of rotatable bonds is 5. The summed E-state index contributed by atoms with van der Waals surface area (Å²) >= 11 is 1.08. The predicted molar refractivity (Wildman–Crippen MR) is 106 cm³/mol. The number of thiazole rings is 1. The van der Waals surface area contributed by atoms with E-state index in [1.165, 1.54) is 19.1 Å². The molecule has 0 atom stereocenters. The number of nitrogens with zero attached hydrogens (tertiary/aromatic N) is 3. The molecule has 2 aromatic carbocycles. The molecule has 0 spiro atoms. The van der Waals surface area contributed by atoms with Crippen LogP contribution in [-0.2, 0) is 4.79 Å². The predicted octanol–water partition coefficient (Wildman–Crippen LogP) is 4.87. The molecule has 5 nitrogen and oxygen atoms in total. The van der Waals surface area contributed by atoms with Crippen LogP contribution in [0.2, 0.25) is 0 Å². The fraction of sp³-hybridized carbons (Fsp3) is 0.0476. The summed E-state index contributed by atoms with van der Waals surface area (Å²) in [5.41, 5.74) is 1.15. The summed E-state index contributed by atoms with van der Waals surface area (Å²) in [7, 11) is 0. The van der Waals surface area contributed by atoms with Crippen molar-refractivity contribution in [3.05, 3.63) is 82.4 Å². The first-order valence-electron chi connectivity index (χ1n) is 8.33. The van der Waals surface area contributed by atoms with E-state index in [4.69, 9.17) is 5.26 Å². The van der Waals surface area contributed by atoms with Gasteiger partial charge in [-0.1, -0.05) is 0 Å². The maximum atomic E-state index is 14.1. The van der Waals surface area contributed by atoms with E-state index in [0.29, 0.717) is 22.9 Å². The molecular formula is C21H13F2N3O2S. The Morgan fingerprint density at radius 2 is 1.90 bits per heavy atom. The molecule has 0 unspecified atom stereocenters. The molecule has 0 saturated carbocycles. The van der Waals surface area contributed by atoms with Gasteiger partial charge in [0.1, 0.15) is 11.6 Å². The Balaban J connectivity index is 1.82. The Morgan fingerprint density at radius 1 is 1.17 bits per heavy atom. The van der Waals surface area contributed by atoms with Crippen LogP contribution in [0, 0.1) is 23.0 Å². The number of anilines is 2. The van der Waals surface area contributed by atoms with Crippen molar-refractivity contribution in [3.63, 3.8) is 0 Å². The zero-order chi connectivity index (χ0) is 21.0. The number of allylic oxidation sites excluding steroid dienone is 1. The lowest BCUT2D eigenvalue weighted by Gasteiger charge is -2.18. The van der Waals surface area contributed by atoms with Gasteiger partial charge in [-0.25, -0.2) is 13.8 Å². The highest BCUT2D eigenvalue weighted by Crippen LogP contribution is 2.31. The van der Waals surface area contributed by atoms with Crippen LogP contribution in [0.5, 0.6) is 0 Å². The zero-order valence-corrected chi connectivity index (χ0v) is 15.9. The Morgan fingerprint density at radius 3 is 2.52 bits per heavy atom. The smallest absolute Gasteiger partial charge is 0.230 e. The second kappa shape index (κ2) is 8.54. The lowest BCUT2D eigenvalue weighted by atomic mass is 10.1. The first-order valence-corrected chi connectivity index (χ1v) is 9.21. The number of hydrogen-bond donors (Lipinski definition) is 0. The first kappa shape index (κ1) is 20.0. The number of hydrogen-bond acceptors (Lipinski definition) is 5. The largest absolute Gasteiger partial charge is 0.289 e. The van der Waals surface area contributed by atoms with E-state index < -0.39 is 17.5 Å². The normalized spacial score (nSPS) is 10.7. The summed E-state index contributed by atoms with van der Waals surface area (Å²) < 4.78 is 27.3. The van der Waals surface area contributed by atoms with Gasteiger partial charge >= 0.3 is 0 Å². The standard InChI is InChI=1S/C21H13F2N3O2S/c1-13(27)26(19-8-6-16(22)10-18(19)23)21-25-17(12-29-21)7-9-20(28)15-4-2-14(11-24)3-5-15/h2-10,12H,1H3/b9-7+. The molecule has 0 fully saturated rings. The monoisotopic (exact) mass is 409 g/mol. The van der Waals surface area contributed by atoms with Gasteiger partial charge in [-0.15, -0.1) is 11.3 Å². The molecule has 1 amide bonds. The molecule has 29 heavy (non-hydrogen) atoms. The van der Waals surface area contributed by atoms with Crippen LogP contribution in [0.1, 0.15) is 28.5 Å². The average molecular weight is 409 g/mol. The van der Waals surface area contributed by atoms with E-state index in [1.807, 2.05) is 6.07 Å². The van der Waals surface area contributed by atoms with Crippen molar-refractivity contribution in [2.45, 2.75) is 6.92 Å². The Kier molecular flexibility index (Phi) is 5.90. The van der Waals surface area contributed by atoms with E-state index >= 15 is 0 Å². The van der Waals surface area contributed by atoms with Gasteiger partial charge in [0.25, 0.3) is 0 Å². The number of carbonyl (C=O) groups is 2. The van der Waals surface area contributed by atoms with Gasteiger partial charge in [0.05, 0.1) is 23.0 Å². The summed E-state index contributed by atoms with van der Waals surface area (Å²) in [5, 5.41) is 10.6. The van der Waals surface area contributed by atoms with E-state index in [2.05, 4.69) is 4.98 Å². The van der Waals surface area contributed by atoms with Crippen LogP contribution >= 0.6 is 11.3 Å². The molecule has 1 heterocycles. The summed E-state index contributed by atoms with van der Waals surface area (Å²) in [4.78, 5) is 29.5. The van der Waals surface area contributed by atoms with Crippen LogP contribution in [0.4, 0.5) is 19.6 Å². The van der Waals surface area contributed by atoms with Gasteiger partial charge in [-0.3, -0.25) is 14.5 Å². The summed E-state index contributed by atoms with van der Waals surface area (Å²) in [6.45, 7) is 1.24. The number of benzene rings is 2. The van der Waals surface area contributed by atoms with Crippen LogP contribution in [0.25, 0.3) is 6.08 Å². The molecular weight excluding hydrogens is 396 g/mol. The fourth-order valence-electron chi connectivity index (χ4n) is 2.49. The Bertz CT molecular complexity index is 1150. The summed E-state index contributed by atoms with van der Waals surface area (Å²) in [6, 6.07) is 11.1. The van der Waals surface area contributed by atoms with Crippen molar-refractivity contribution in [1.82, 2.24) is 4.98 Å². The van der Waals surface area contributed by atoms with Crippen molar-refractivity contribution in [2.75, 3.05) is 4.90 Å². The molecule has 0 aliphatic rings. The SMILES string of the molecule is CC(=O)N(c1nc(/C=C/C(=O)c2ccc(C#N)cc2)cs1)c1ccc(F)cc1F. The molecule has 1 aromatic heterocycles. The third-order valence-corrected chi connectivity index (χ3v) is 4.71. The molecule has 0 aliphatic carbocycles. The highest BCUT2D eigenvalue weighted by atomic mass is 32.1. The molecule has 8 heteroatoms. The second-order valence-corrected chi connectivity index (χ2v) is 6.73.